The summed E-state index contributed by atoms with van der Waals surface area (Å²) in [7, 11) is 0. The van der Waals surface area contributed by atoms with Gasteiger partial charge in [0.15, 0.2) is 0 Å². The Morgan fingerprint density at radius 1 is 1.26 bits per heavy atom. The number of benzene rings is 1. The molecule has 19 heavy (non-hydrogen) atoms. The molecule has 0 radical (unpaired) electrons. The van der Waals surface area contributed by atoms with Crippen LogP contribution >= 0.6 is 11.8 Å². The summed E-state index contributed by atoms with van der Waals surface area (Å²) in [6.07, 6.45) is 1.56. The minimum atomic E-state index is -0.532. The molecule has 2 heterocycles. The van der Waals surface area contributed by atoms with E-state index >= 15 is 0 Å². The minimum absolute atomic E-state index is 0.179. The third kappa shape index (κ3) is 2.91. The number of para-hydroxylation sites is 1. The summed E-state index contributed by atoms with van der Waals surface area (Å²) in [6.45, 7) is 0. The SMILES string of the molecule is OC(Cc1ccccn1)C1CSc2ccccc2O1. The predicted molar refractivity (Wildman–Crippen MR) is 75.5 cm³/mol. The Bertz CT molecular complexity index is 547. The van der Waals surface area contributed by atoms with E-state index in [1.165, 1.54) is 0 Å². The van der Waals surface area contributed by atoms with Crippen LogP contribution in [0.15, 0.2) is 53.6 Å². The molecule has 1 aromatic carbocycles. The molecule has 0 spiro atoms. The molecule has 1 aromatic heterocycles. The van der Waals surface area contributed by atoms with Crippen molar-refractivity contribution in [2.45, 2.75) is 23.5 Å². The van der Waals surface area contributed by atoms with Crippen molar-refractivity contribution in [1.29, 1.82) is 0 Å². The van der Waals surface area contributed by atoms with E-state index in [1.54, 1.807) is 18.0 Å². The van der Waals surface area contributed by atoms with Gasteiger partial charge in [0.25, 0.3) is 0 Å². The Hall–Kier alpha value is -1.52. The predicted octanol–water partition coefficient (Wildman–Crippen LogP) is 2.54. The maximum absolute atomic E-state index is 10.3. The van der Waals surface area contributed by atoms with Crippen molar-refractivity contribution in [2.75, 3.05) is 5.75 Å². The molecule has 0 saturated carbocycles. The maximum Gasteiger partial charge on any atom is 0.134 e. The highest BCUT2D eigenvalue weighted by Gasteiger charge is 2.27. The lowest BCUT2D eigenvalue weighted by molar-refractivity contribution is 0.0462. The molecule has 0 amide bonds. The van der Waals surface area contributed by atoms with E-state index in [-0.39, 0.29) is 6.10 Å². The molecule has 4 heteroatoms. The van der Waals surface area contributed by atoms with Gasteiger partial charge in [0.1, 0.15) is 11.9 Å². The molecule has 3 rings (SSSR count). The first kappa shape index (κ1) is 12.5. The summed E-state index contributed by atoms with van der Waals surface area (Å²) in [4.78, 5) is 5.38. The van der Waals surface area contributed by atoms with Crippen LogP contribution in [-0.4, -0.2) is 28.1 Å². The molecule has 0 saturated heterocycles. The topological polar surface area (TPSA) is 42.4 Å². The van der Waals surface area contributed by atoms with Gasteiger partial charge in [-0.2, -0.15) is 0 Å². The van der Waals surface area contributed by atoms with Crippen molar-refractivity contribution < 1.29 is 9.84 Å². The summed E-state index contributed by atoms with van der Waals surface area (Å²) in [5.41, 5.74) is 0.891. The third-order valence-corrected chi connectivity index (χ3v) is 4.25. The lowest BCUT2D eigenvalue weighted by Gasteiger charge is -2.28. The number of hydrogen-bond donors (Lipinski definition) is 1. The highest BCUT2D eigenvalue weighted by atomic mass is 32.2. The Morgan fingerprint density at radius 3 is 2.95 bits per heavy atom. The van der Waals surface area contributed by atoms with E-state index < -0.39 is 6.10 Å². The van der Waals surface area contributed by atoms with E-state index in [0.29, 0.717) is 6.42 Å². The summed E-state index contributed by atoms with van der Waals surface area (Å²) in [6, 6.07) is 13.7. The number of aliphatic hydroxyl groups excluding tert-OH is 1. The smallest absolute Gasteiger partial charge is 0.134 e. The Labute approximate surface area is 116 Å². The van der Waals surface area contributed by atoms with Gasteiger partial charge in [-0.05, 0) is 24.3 Å². The summed E-state index contributed by atoms with van der Waals surface area (Å²) in [5.74, 6) is 1.63. The van der Waals surface area contributed by atoms with Crippen molar-refractivity contribution in [3.8, 4) is 5.75 Å². The van der Waals surface area contributed by atoms with Crippen LogP contribution in [0, 0.1) is 0 Å². The molecule has 1 aliphatic heterocycles. The van der Waals surface area contributed by atoms with E-state index in [1.807, 2.05) is 42.5 Å². The fourth-order valence-electron chi connectivity index (χ4n) is 2.09. The highest BCUT2D eigenvalue weighted by molar-refractivity contribution is 7.99. The summed E-state index contributed by atoms with van der Waals surface area (Å²) < 4.78 is 5.87. The average Bonchev–Trinajstić information content (AvgIpc) is 2.48. The molecule has 0 fully saturated rings. The van der Waals surface area contributed by atoms with Crippen molar-refractivity contribution in [2.24, 2.45) is 0 Å². The number of pyridine rings is 1. The van der Waals surface area contributed by atoms with Crippen molar-refractivity contribution in [1.82, 2.24) is 4.98 Å². The zero-order chi connectivity index (χ0) is 13.1. The van der Waals surface area contributed by atoms with Gasteiger partial charge < -0.3 is 9.84 Å². The first-order chi connectivity index (χ1) is 9.33. The van der Waals surface area contributed by atoms with Crippen LogP contribution in [0.25, 0.3) is 0 Å². The van der Waals surface area contributed by atoms with E-state index in [0.717, 1.165) is 22.1 Å². The second kappa shape index (κ2) is 5.63. The van der Waals surface area contributed by atoms with Gasteiger partial charge in [-0.1, -0.05) is 18.2 Å². The number of hydrogen-bond acceptors (Lipinski definition) is 4. The number of thioether (sulfide) groups is 1. The van der Waals surface area contributed by atoms with Crippen LogP contribution < -0.4 is 4.74 Å². The zero-order valence-corrected chi connectivity index (χ0v) is 11.2. The summed E-state index contributed by atoms with van der Waals surface area (Å²) >= 11 is 1.73. The molecule has 2 unspecified atom stereocenters. The van der Waals surface area contributed by atoms with Crippen LogP contribution in [-0.2, 0) is 6.42 Å². The van der Waals surface area contributed by atoms with E-state index in [2.05, 4.69) is 4.98 Å². The Balaban J connectivity index is 1.68. The molecule has 0 aliphatic carbocycles. The number of aliphatic hydroxyl groups is 1. The van der Waals surface area contributed by atoms with E-state index in [9.17, 15) is 5.11 Å². The second-order valence-corrected chi connectivity index (χ2v) is 5.57. The minimum Gasteiger partial charge on any atom is -0.486 e. The fourth-order valence-corrected chi connectivity index (χ4v) is 3.16. The number of aromatic nitrogens is 1. The highest BCUT2D eigenvalue weighted by Crippen LogP contribution is 2.35. The molecule has 2 aromatic rings. The van der Waals surface area contributed by atoms with Crippen LogP contribution in [0.2, 0.25) is 0 Å². The number of fused-ring (bicyclic) bond motifs is 1. The van der Waals surface area contributed by atoms with E-state index in [4.69, 9.17) is 4.74 Å². The molecular weight excluding hydrogens is 258 g/mol. The average molecular weight is 273 g/mol. The lowest BCUT2D eigenvalue weighted by atomic mass is 10.1. The molecule has 1 aliphatic rings. The first-order valence-electron chi connectivity index (χ1n) is 6.29. The molecule has 98 valence electrons. The van der Waals surface area contributed by atoms with Crippen LogP contribution in [0.5, 0.6) is 5.75 Å². The van der Waals surface area contributed by atoms with Gasteiger partial charge in [-0.3, -0.25) is 4.98 Å². The molecule has 0 bridgehead atoms. The number of nitrogens with zero attached hydrogens (tertiary/aromatic N) is 1. The number of ether oxygens (including phenoxy) is 1. The monoisotopic (exact) mass is 273 g/mol. The Kier molecular flexibility index (Phi) is 3.71. The van der Waals surface area contributed by atoms with Gasteiger partial charge in [-0.15, -0.1) is 11.8 Å². The van der Waals surface area contributed by atoms with Crippen molar-refractivity contribution in [3.05, 3.63) is 54.4 Å². The molecule has 2 atom stereocenters. The molecule has 1 N–H and O–H groups in total. The standard InChI is InChI=1S/C15H15NO2S/c17-12(9-11-5-3-4-8-16-11)14-10-19-15-7-2-1-6-13(15)18-14/h1-8,12,14,17H,9-10H2. The molecular formula is C15H15NO2S. The maximum atomic E-state index is 10.3. The van der Waals surface area contributed by atoms with Crippen LogP contribution in [0.1, 0.15) is 5.69 Å². The van der Waals surface area contributed by atoms with Gasteiger partial charge in [0.2, 0.25) is 0 Å². The van der Waals surface area contributed by atoms with Crippen molar-refractivity contribution >= 4 is 11.8 Å². The second-order valence-electron chi connectivity index (χ2n) is 4.51. The summed E-state index contributed by atoms with van der Waals surface area (Å²) in [5, 5.41) is 10.3. The third-order valence-electron chi connectivity index (χ3n) is 3.10. The number of rotatable bonds is 3. The fraction of sp³-hybridized carbons (Fsp3) is 0.267. The molecule has 3 nitrogen and oxygen atoms in total. The van der Waals surface area contributed by atoms with Gasteiger partial charge in [-0.25, -0.2) is 0 Å². The van der Waals surface area contributed by atoms with Gasteiger partial charge >= 0.3 is 0 Å². The van der Waals surface area contributed by atoms with Crippen LogP contribution in [0.3, 0.4) is 0 Å². The van der Waals surface area contributed by atoms with Gasteiger partial charge in [0, 0.05) is 29.0 Å². The Morgan fingerprint density at radius 2 is 2.11 bits per heavy atom. The normalized spacial score (nSPS) is 19.3. The first-order valence-corrected chi connectivity index (χ1v) is 7.28. The lowest BCUT2D eigenvalue weighted by Crippen LogP contribution is -2.37. The van der Waals surface area contributed by atoms with Crippen LogP contribution in [0.4, 0.5) is 0 Å². The largest absolute Gasteiger partial charge is 0.486 e. The van der Waals surface area contributed by atoms with Crippen molar-refractivity contribution in [3.63, 3.8) is 0 Å². The quantitative estimate of drug-likeness (QED) is 0.933. The van der Waals surface area contributed by atoms with Gasteiger partial charge in [0.05, 0.1) is 6.10 Å². The zero-order valence-electron chi connectivity index (χ0n) is 10.4.